The van der Waals surface area contributed by atoms with E-state index in [0.717, 1.165) is 13.1 Å². The van der Waals surface area contributed by atoms with E-state index < -0.39 is 6.04 Å². The van der Waals surface area contributed by atoms with Gasteiger partial charge in [0.2, 0.25) is 5.91 Å². The number of halogens is 1. The second-order valence-electron chi connectivity index (χ2n) is 7.72. The minimum absolute atomic E-state index is 0.0294. The van der Waals surface area contributed by atoms with Gasteiger partial charge in [-0.25, -0.2) is 0 Å². The predicted molar refractivity (Wildman–Crippen MR) is 118 cm³/mol. The molecule has 0 aliphatic carbocycles. The fraction of sp³-hybridized carbons (Fsp3) is 0.455. The van der Waals surface area contributed by atoms with E-state index in [4.69, 9.17) is 11.6 Å². The van der Waals surface area contributed by atoms with Crippen LogP contribution in [0.15, 0.2) is 41.8 Å². The molecule has 1 aliphatic heterocycles. The smallest absolute Gasteiger partial charge is 0.251 e. The molecule has 0 spiro atoms. The Labute approximate surface area is 181 Å². The summed E-state index contributed by atoms with van der Waals surface area (Å²) < 4.78 is 0. The Morgan fingerprint density at radius 2 is 1.83 bits per heavy atom. The van der Waals surface area contributed by atoms with Crippen LogP contribution < -0.4 is 10.6 Å². The maximum atomic E-state index is 12.9. The highest BCUT2D eigenvalue weighted by atomic mass is 35.5. The molecule has 29 heavy (non-hydrogen) atoms. The normalized spacial score (nSPS) is 16.6. The summed E-state index contributed by atoms with van der Waals surface area (Å²) in [6, 6.07) is 10.4. The Balaban J connectivity index is 1.63. The second kappa shape index (κ2) is 10.2. The van der Waals surface area contributed by atoms with Crippen LogP contribution in [0.2, 0.25) is 5.02 Å². The van der Waals surface area contributed by atoms with Gasteiger partial charge in [0.15, 0.2) is 0 Å². The molecule has 1 aromatic carbocycles. The quantitative estimate of drug-likeness (QED) is 0.658. The molecule has 7 heteroatoms. The van der Waals surface area contributed by atoms with Crippen LogP contribution in [0, 0.1) is 5.92 Å². The van der Waals surface area contributed by atoms with E-state index >= 15 is 0 Å². The summed E-state index contributed by atoms with van der Waals surface area (Å²) in [6.45, 7) is 6.52. The van der Waals surface area contributed by atoms with Crippen molar-refractivity contribution < 1.29 is 9.59 Å². The number of likely N-dealkylation sites (tertiary alicyclic amines) is 1. The van der Waals surface area contributed by atoms with Crippen LogP contribution in [0.5, 0.6) is 0 Å². The third-order valence-corrected chi connectivity index (χ3v) is 6.49. The van der Waals surface area contributed by atoms with Gasteiger partial charge in [0.1, 0.15) is 6.04 Å². The SMILES string of the molecule is CC(C)[C@@H](NC(=O)c1ccc(Cl)cc1)C(=O)NC[C@H](c1cccs1)N1CCCC1. The van der Waals surface area contributed by atoms with Crippen molar-refractivity contribution in [3.8, 4) is 0 Å². The fourth-order valence-electron chi connectivity index (χ4n) is 3.61. The number of hydrogen-bond acceptors (Lipinski definition) is 4. The Morgan fingerprint density at radius 3 is 2.41 bits per heavy atom. The van der Waals surface area contributed by atoms with Gasteiger partial charge < -0.3 is 10.6 Å². The zero-order chi connectivity index (χ0) is 20.8. The maximum Gasteiger partial charge on any atom is 0.251 e. The molecular formula is C22H28ClN3O2S. The van der Waals surface area contributed by atoms with E-state index in [2.05, 4.69) is 27.0 Å². The van der Waals surface area contributed by atoms with E-state index in [-0.39, 0.29) is 23.8 Å². The minimum atomic E-state index is -0.597. The molecule has 2 heterocycles. The van der Waals surface area contributed by atoms with Gasteiger partial charge in [-0.05, 0) is 67.6 Å². The van der Waals surface area contributed by atoms with Crippen molar-refractivity contribution in [2.45, 2.75) is 38.8 Å². The summed E-state index contributed by atoms with van der Waals surface area (Å²) in [5.41, 5.74) is 0.487. The molecule has 1 fully saturated rings. The molecule has 0 unspecified atom stereocenters. The highest BCUT2D eigenvalue weighted by Gasteiger charge is 2.28. The first-order valence-corrected chi connectivity index (χ1v) is 11.3. The molecule has 0 bridgehead atoms. The molecule has 2 aromatic rings. The van der Waals surface area contributed by atoms with Crippen LogP contribution in [0.25, 0.3) is 0 Å². The number of carbonyl (C=O) groups excluding carboxylic acids is 2. The van der Waals surface area contributed by atoms with Crippen molar-refractivity contribution in [2.24, 2.45) is 5.92 Å². The molecule has 0 saturated carbocycles. The molecule has 5 nitrogen and oxygen atoms in total. The number of thiophene rings is 1. The Kier molecular flexibility index (Phi) is 7.70. The molecular weight excluding hydrogens is 406 g/mol. The van der Waals surface area contributed by atoms with Gasteiger partial charge in [-0.15, -0.1) is 11.3 Å². The topological polar surface area (TPSA) is 61.4 Å². The average molecular weight is 434 g/mol. The van der Waals surface area contributed by atoms with E-state index in [0.29, 0.717) is 17.1 Å². The van der Waals surface area contributed by atoms with Crippen molar-refractivity contribution >= 4 is 34.8 Å². The number of benzene rings is 1. The fourth-order valence-corrected chi connectivity index (χ4v) is 4.60. The Hall–Kier alpha value is -1.89. The highest BCUT2D eigenvalue weighted by molar-refractivity contribution is 7.10. The van der Waals surface area contributed by atoms with Crippen molar-refractivity contribution in [1.29, 1.82) is 0 Å². The molecule has 0 radical (unpaired) electrons. The third-order valence-electron chi connectivity index (χ3n) is 5.26. The molecule has 3 rings (SSSR count). The number of amides is 2. The minimum Gasteiger partial charge on any atom is -0.352 e. The van der Waals surface area contributed by atoms with Crippen molar-refractivity contribution in [3.05, 3.63) is 57.2 Å². The van der Waals surface area contributed by atoms with Crippen LogP contribution >= 0.6 is 22.9 Å². The zero-order valence-corrected chi connectivity index (χ0v) is 18.4. The summed E-state index contributed by atoms with van der Waals surface area (Å²) in [6.07, 6.45) is 2.39. The Morgan fingerprint density at radius 1 is 1.14 bits per heavy atom. The summed E-state index contributed by atoms with van der Waals surface area (Å²) in [5, 5.41) is 8.60. The molecule has 1 saturated heterocycles. The van der Waals surface area contributed by atoms with Gasteiger partial charge in [0.25, 0.3) is 5.91 Å². The molecule has 1 aliphatic rings. The van der Waals surface area contributed by atoms with Crippen LogP contribution in [0.1, 0.15) is 48.0 Å². The number of rotatable bonds is 8. The maximum absolute atomic E-state index is 12.9. The number of hydrogen-bond donors (Lipinski definition) is 2. The first kappa shape index (κ1) is 21.8. The standard InChI is InChI=1S/C22H28ClN3O2S/c1-15(2)20(25-21(27)16-7-9-17(23)10-8-16)22(28)24-14-18(19-6-5-13-29-19)26-11-3-4-12-26/h5-10,13,15,18,20H,3-4,11-12,14H2,1-2H3,(H,24,28)(H,25,27)/t18-,20-/m1/s1. The van der Waals surface area contributed by atoms with Gasteiger partial charge in [0.05, 0.1) is 6.04 Å². The molecule has 2 N–H and O–H groups in total. The van der Waals surface area contributed by atoms with Gasteiger partial charge >= 0.3 is 0 Å². The van der Waals surface area contributed by atoms with E-state index in [1.54, 1.807) is 35.6 Å². The van der Waals surface area contributed by atoms with Gasteiger partial charge in [-0.1, -0.05) is 31.5 Å². The lowest BCUT2D eigenvalue weighted by molar-refractivity contribution is -0.124. The lowest BCUT2D eigenvalue weighted by Crippen LogP contribution is -2.51. The van der Waals surface area contributed by atoms with Crippen molar-refractivity contribution in [1.82, 2.24) is 15.5 Å². The van der Waals surface area contributed by atoms with Gasteiger partial charge in [-0.3, -0.25) is 14.5 Å². The lowest BCUT2D eigenvalue weighted by atomic mass is 10.0. The first-order valence-electron chi connectivity index (χ1n) is 10.1. The van der Waals surface area contributed by atoms with Gasteiger partial charge in [-0.2, -0.15) is 0 Å². The molecule has 1 aromatic heterocycles. The van der Waals surface area contributed by atoms with Crippen molar-refractivity contribution in [2.75, 3.05) is 19.6 Å². The van der Waals surface area contributed by atoms with E-state index in [9.17, 15) is 9.59 Å². The zero-order valence-electron chi connectivity index (χ0n) is 16.9. The number of carbonyl (C=O) groups is 2. The van der Waals surface area contributed by atoms with Crippen LogP contribution in [0.4, 0.5) is 0 Å². The third kappa shape index (κ3) is 5.81. The van der Waals surface area contributed by atoms with E-state index in [1.165, 1.54) is 17.7 Å². The number of nitrogens with zero attached hydrogens (tertiary/aromatic N) is 1. The van der Waals surface area contributed by atoms with Crippen LogP contribution in [-0.2, 0) is 4.79 Å². The first-order chi connectivity index (χ1) is 14.0. The van der Waals surface area contributed by atoms with Crippen LogP contribution in [-0.4, -0.2) is 42.4 Å². The summed E-state index contributed by atoms with van der Waals surface area (Å²) in [4.78, 5) is 29.2. The number of nitrogens with one attached hydrogen (secondary N) is 2. The Bertz CT molecular complexity index is 802. The van der Waals surface area contributed by atoms with Crippen LogP contribution in [0.3, 0.4) is 0 Å². The lowest BCUT2D eigenvalue weighted by Gasteiger charge is -2.28. The van der Waals surface area contributed by atoms with Crippen molar-refractivity contribution in [3.63, 3.8) is 0 Å². The predicted octanol–water partition coefficient (Wildman–Crippen LogP) is 4.11. The van der Waals surface area contributed by atoms with Gasteiger partial charge in [0, 0.05) is 22.0 Å². The summed E-state index contributed by atoms with van der Waals surface area (Å²) in [5.74, 6) is -0.453. The molecule has 2 amide bonds. The molecule has 156 valence electrons. The summed E-state index contributed by atoms with van der Waals surface area (Å²) >= 11 is 7.61. The van der Waals surface area contributed by atoms with E-state index in [1.807, 2.05) is 19.9 Å². The average Bonchev–Trinajstić information content (AvgIpc) is 3.41. The highest BCUT2D eigenvalue weighted by Crippen LogP contribution is 2.27. The second-order valence-corrected chi connectivity index (χ2v) is 9.14. The summed E-state index contributed by atoms with van der Waals surface area (Å²) in [7, 11) is 0. The monoisotopic (exact) mass is 433 g/mol. The largest absolute Gasteiger partial charge is 0.352 e. The molecule has 2 atom stereocenters.